The number of amides is 2. The lowest BCUT2D eigenvalue weighted by atomic mass is 9.87. The molecule has 1 aromatic rings. The number of aliphatic hydroxyl groups excluding tert-OH is 1. The number of rotatable bonds is 4. The van der Waals surface area contributed by atoms with Crippen molar-refractivity contribution in [3.05, 3.63) is 23.8 Å². The third-order valence-corrected chi connectivity index (χ3v) is 3.91. The molecule has 21 heavy (non-hydrogen) atoms. The van der Waals surface area contributed by atoms with Crippen molar-refractivity contribution in [1.29, 1.82) is 0 Å². The highest BCUT2D eigenvalue weighted by atomic mass is 16.5. The van der Waals surface area contributed by atoms with Crippen LogP contribution < -0.4 is 15.4 Å². The maximum atomic E-state index is 11.9. The highest BCUT2D eigenvalue weighted by Gasteiger charge is 2.20. The Morgan fingerprint density at radius 2 is 2.24 bits per heavy atom. The fourth-order valence-electron chi connectivity index (χ4n) is 2.75. The molecule has 0 aromatic heterocycles. The van der Waals surface area contributed by atoms with Crippen molar-refractivity contribution in [2.75, 3.05) is 19.0 Å². The van der Waals surface area contributed by atoms with Crippen molar-refractivity contribution in [3.8, 4) is 5.75 Å². The molecule has 1 fully saturated rings. The molecule has 1 aliphatic carbocycles. The van der Waals surface area contributed by atoms with Gasteiger partial charge in [0.25, 0.3) is 0 Å². The predicted octanol–water partition coefficient (Wildman–Crippen LogP) is 2.68. The van der Waals surface area contributed by atoms with E-state index in [1.165, 1.54) is 0 Å². The van der Waals surface area contributed by atoms with Gasteiger partial charge in [0.05, 0.1) is 18.9 Å². The minimum Gasteiger partial charge on any atom is -0.495 e. The van der Waals surface area contributed by atoms with E-state index in [0.29, 0.717) is 23.9 Å². The van der Waals surface area contributed by atoms with E-state index in [-0.39, 0.29) is 12.1 Å². The fraction of sp³-hybridized carbons (Fsp3) is 0.562. The van der Waals surface area contributed by atoms with E-state index in [1.54, 1.807) is 7.11 Å². The molecule has 0 bridgehead atoms. The summed E-state index contributed by atoms with van der Waals surface area (Å²) >= 11 is 0. The highest BCUT2D eigenvalue weighted by molar-refractivity contribution is 5.90. The van der Waals surface area contributed by atoms with Crippen LogP contribution in [0.5, 0.6) is 5.75 Å². The maximum Gasteiger partial charge on any atom is 0.319 e. The van der Waals surface area contributed by atoms with Gasteiger partial charge in [-0.05, 0) is 49.8 Å². The number of anilines is 1. The Morgan fingerprint density at radius 3 is 2.95 bits per heavy atom. The first kappa shape index (κ1) is 15.6. The van der Waals surface area contributed by atoms with Gasteiger partial charge < -0.3 is 20.5 Å². The largest absolute Gasteiger partial charge is 0.495 e. The monoisotopic (exact) mass is 292 g/mol. The minimum atomic E-state index is -0.239. The summed E-state index contributed by atoms with van der Waals surface area (Å²) in [5, 5.41) is 15.3. The van der Waals surface area contributed by atoms with E-state index in [2.05, 4.69) is 10.6 Å². The Labute approximate surface area is 125 Å². The number of ether oxygens (including phenoxy) is 1. The van der Waals surface area contributed by atoms with Crippen LogP contribution in [0, 0.1) is 12.8 Å². The standard InChI is InChI=1S/C16H24N2O3/c1-11-6-7-14(15(8-11)21-2)18-16(20)17-10-12-4-3-5-13(19)9-12/h6-8,12-13,19H,3-5,9-10H2,1-2H3,(H2,17,18,20). The maximum absolute atomic E-state index is 11.9. The van der Waals surface area contributed by atoms with Crippen molar-refractivity contribution in [2.45, 2.75) is 38.7 Å². The Kier molecular flexibility index (Phi) is 5.44. The number of urea groups is 1. The fourth-order valence-corrected chi connectivity index (χ4v) is 2.75. The average molecular weight is 292 g/mol. The average Bonchev–Trinajstić information content (AvgIpc) is 2.47. The molecule has 5 heteroatoms. The Hall–Kier alpha value is -1.75. The molecule has 5 nitrogen and oxygen atoms in total. The lowest BCUT2D eigenvalue weighted by Gasteiger charge is -2.25. The molecule has 0 aliphatic heterocycles. The molecule has 1 saturated carbocycles. The van der Waals surface area contributed by atoms with Gasteiger partial charge in [-0.1, -0.05) is 12.5 Å². The smallest absolute Gasteiger partial charge is 0.319 e. The number of hydrogen-bond acceptors (Lipinski definition) is 3. The van der Waals surface area contributed by atoms with Crippen LogP contribution in [0.2, 0.25) is 0 Å². The number of carbonyl (C=O) groups excluding carboxylic acids is 1. The third-order valence-electron chi connectivity index (χ3n) is 3.91. The summed E-state index contributed by atoms with van der Waals surface area (Å²) < 4.78 is 5.26. The van der Waals surface area contributed by atoms with Gasteiger partial charge >= 0.3 is 6.03 Å². The number of aliphatic hydroxyl groups is 1. The molecule has 0 heterocycles. The van der Waals surface area contributed by atoms with E-state index in [0.717, 1.165) is 31.2 Å². The van der Waals surface area contributed by atoms with Gasteiger partial charge in [0.1, 0.15) is 5.75 Å². The van der Waals surface area contributed by atoms with Gasteiger partial charge in [0, 0.05) is 6.54 Å². The van der Waals surface area contributed by atoms with Gasteiger partial charge in [-0.3, -0.25) is 0 Å². The molecule has 1 aromatic carbocycles. The Bertz CT molecular complexity index is 490. The lowest BCUT2D eigenvalue weighted by Crippen LogP contribution is -2.35. The number of benzene rings is 1. The molecule has 2 amide bonds. The van der Waals surface area contributed by atoms with Crippen molar-refractivity contribution in [2.24, 2.45) is 5.92 Å². The third kappa shape index (κ3) is 4.63. The molecule has 2 unspecified atom stereocenters. The summed E-state index contributed by atoms with van der Waals surface area (Å²) in [6.07, 6.45) is 3.52. The second-order valence-electron chi connectivity index (χ2n) is 5.73. The normalized spacial score (nSPS) is 21.7. The first-order valence-electron chi connectivity index (χ1n) is 7.46. The number of methoxy groups -OCH3 is 1. The van der Waals surface area contributed by atoms with Crippen LogP contribution in [0.3, 0.4) is 0 Å². The Balaban J connectivity index is 1.84. The number of aryl methyl sites for hydroxylation is 1. The summed E-state index contributed by atoms with van der Waals surface area (Å²) in [7, 11) is 1.58. The number of nitrogens with one attached hydrogen (secondary N) is 2. The summed E-state index contributed by atoms with van der Waals surface area (Å²) in [6.45, 7) is 2.57. The molecular formula is C16H24N2O3. The van der Waals surface area contributed by atoms with Crippen LogP contribution in [-0.4, -0.2) is 30.9 Å². The first-order valence-corrected chi connectivity index (χ1v) is 7.46. The number of carbonyl (C=O) groups is 1. The molecule has 2 rings (SSSR count). The van der Waals surface area contributed by atoms with Gasteiger partial charge in [0.15, 0.2) is 0 Å². The Morgan fingerprint density at radius 1 is 1.43 bits per heavy atom. The zero-order chi connectivity index (χ0) is 15.2. The van der Waals surface area contributed by atoms with Crippen molar-refractivity contribution in [3.63, 3.8) is 0 Å². The number of hydrogen-bond donors (Lipinski definition) is 3. The zero-order valence-corrected chi connectivity index (χ0v) is 12.7. The van der Waals surface area contributed by atoms with Crippen LogP contribution in [-0.2, 0) is 0 Å². The van der Waals surface area contributed by atoms with Crippen molar-refractivity contribution in [1.82, 2.24) is 5.32 Å². The molecule has 3 N–H and O–H groups in total. The van der Waals surface area contributed by atoms with Crippen LogP contribution in [0.15, 0.2) is 18.2 Å². The van der Waals surface area contributed by atoms with Gasteiger partial charge in [0.2, 0.25) is 0 Å². The van der Waals surface area contributed by atoms with Crippen LogP contribution in [0.1, 0.15) is 31.2 Å². The molecule has 2 atom stereocenters. The predicted molar refractivity (Wildman–Crippen MR) is 82.7 cm³/mol. The van der Waals surface area contributed by atoms with Gasteiger partial charge in [-0.2, -0.15) is 0 Å². The van der Waals surface area contributed by atoms with E-state index in [1.807, 2.05) is 25.1 Å². The molecular weight excluding hydrogens is 268 g/mol. The zero-order valence-electron chi connectivity index (χ0n) is 12.7. The topological polar surface area (TPSA) is 70.6 Å². The molecule has 0 spiro atoms. The van der Waals surface area contributed by atoms with Gasteiger partial charge in [-0.25, -0.2) is 4.79 Å². The van der Waals surface area contributed by atoms with Gasteiger partial charge in [-0.15, -0.1) is 0 Å². The van der Waals surface area contributed by atoms with Crippen molar-refractivity contribution < 1.29 is 14.6 Å². The summed E-state index contributed by atoms with van der Waals surface area (Å²) in [6, 6.07) is 5.40. The van der Waals surface area contributed by atoms with E-state index in [4.69, 9.17) is 4.74 Å². The molecule has 116 valence electrons. The quantitative estimate of drug-likeness (QED) is 0.799. The SMILES string of the molecule is COc1cc(C)ccc1NC(=O)NCC1CCCC(O)C1. The molecule has 1 aliphatic rings. The van der Waals surface area contributed by atoms with E-state index < -0.39 is 0 Å². The van der Waals surface area contributed by atoms with Crippen LogP contribution in [0.25, 0.3) is 0 Å². The summed E-state index contributed by atoms with van der Waals surface area (Å²) in [5.41, 5.74) is 1.73. The van der Waals surface area contributed by atoms with Crippen LogP contribution >= 0.6 is 0 Å². The van der Waals surface area contributed by atoms with Crippen LogP contribution in [0.4, 0.5) is 10.5 Å². The summed E-state index contributed by atoms with van der Waals surface area (Å²) in [5.74, 6) is 1.01. The van der Waals surface area contributed by atoms with E-state index in [9.17, 15) is 9.90 Å². The lowest BCUT2D eigenvalue weighted by molar-refractivity contribution is 0.101. The minimum absolute atomic E-state index is 0.217. The van der Waals surface area contributed by atoms with Crippen molar-refractivity contribution >= 4 is 11.7 Å². The summed E-state index contributed by atoms with van der Waals surface area (Å²) in [4.78, 5) is 11.9. The highest BCUT2D eigenvalue weighted by Crippen LogP contribution is 2.25. The molecule has 0 saturated heterocycles. The second-order valence-corrected chi connectivity index (χ2v) is 5.73. The van der Waals surface area contributed by atoms with E-state index >= 15 is 0 Å². The first-order chi connectivity index (χ1) is 10.1. The second kappa shape index (κ2) is 7.31. The molecule has 0 radical (unpaired) electrons.